The fraction of sp³-hybridized carbons (Fsp3) is 0.385. The van der Waals surface area contributed by atoms with Crippen molar-refractivity contribution in [3.05, 3.63) is 29.6 Å². The zero-order chi connectivity index (χ0) is 14.6. The number of aromatic carboxylic acids is 1. The predicted molar refractivity (Wildman–Crippen MR) is 69.4 cm³/mol. The molecule has 6 heteroatoms. The highest BCUT2D eigenvalue weighted by molar-refractivity contribution is 5.95. The van der Waals surface area contributed by atoms with Crippen molar-refractivity contribution in [2.75, 3.05) is 5.32 Å². The van der Waals surface area contributed by atoms with Gasteiger partial charge in [-0.3, -0.25) is 4.79 Å². The zero-order valence-corrected chi connectivity index (χ0v) is 10.8. The number of hydrogen-bond acceptors (Lipinski definition) is 3. The van der Waals surface area contributed by atoms with Crippen LogP contribution in [0.15, 0.2) is 18.2 Å². The second-order valence-corrected chi connectivity index (χ2v) is 4.40. The lowest BCUT2D eigenvalue weighted by atomic mass is 9.99. The van der Waals surface area contributed by atoms with Gasteiger partial charge in [0.05, 0.1) is 11.6 Å². The van der Waals surface area contributed by atoms with E-state index < -0.39 is 29.3 Å². The summed E-state index contributed by atoms with van der Waals surface area (Å²) in [4.78, 5) is 22.4. The number of nitrogens with one attached hydrogen (secondary N) is 1. The van der Waals surface area contributed by atoms with Crippen LogP contribution in [0.2, 0.25) is 0 Å². The number of anilines is 1. The molecule has 0 aliphatic rings. The van der Waals surface area contributed by atoms with Crippen LogP contribution in [-0.2, 0) is 4.79 Å². The fourth-order valence-corrected chi connectivity index (χ4v) is 1.50. The van der Waals surface area contributed by atoms with Gasteiger partial charge in [0.2, 0.25) is 5.91 Å². The number of halogens is 1. The molecule has 19 heavy (non-hydrogen) atoms. The van der Waals surface area contributed by atoms with Gasteiger partial charge >= 0.3 is 5.97 Å². The maximum Gasteiger partial charge on any atom is 0.338 e. The van der Waals surface area contributed by atoms with Crippen LogP contribution in [0.3, 0.4) is 0 Å². The lowest BCUT2D eigenvalue weighted by Gasteiger charge is -2.17. The van der Waals surface area contributed by atoms with Crippen LogP contribution >= 0.6 is 0 Å². The second kappa shape index (κ2) is 6.29. The highest BCUT2D eigenvalue weighted by Crippen LogP contribution is 2.16. The number of carbonyl (C=O) groups is 2. The van der Waals surface area contributed by atoms with Crippen molar-refractivity contribution in [3.63, 3.8) is 0 Å². The molecule has 0 unspecified atom stereocenters. The number of benzene rings is 1. The molecule has 0 radical (unpaired) electrons. The molecule has 104 valence electrons. The van der Waals surface area contributed by atoms with Gasteiger partial charge in [-0.1, -0.05) is 20.3 Å². The molecule has 2 atom stereocenters. The lowest BCUT2D eigenvalue weighted by Crippen LogP contribution is -2.40. The first-order valence-electron chi connectivity index (χ1n) is 5.96. The van der Waals surface area contributed by atoms with E-state index in [0.29, 0.717) is 0 Å². The molecular formula is C13H17FN2O3. The van der Waals surface area contributed by atoms with E-state index in [0.717, 1.165) is 18.6 Å². The van der Waals surface area contributed by atoms with Crippen LogP contribution in [0, 0.1) is 11.7 Å². The van der Waals surface area contributed by atoms with Crippen molar-refractivity contribution in [1.82, 2.24) is 0 Å². The van der Waals surface area contributed by atoms with Crippen molar-refractivity contribution in [2.24, 2.45) is 11.7 Å². The summed E-state index contributed by atoms with van der Waals surface area (Å²) in [5, 5.41) is 11.2. The number of nitrogens with two attached hydrogens (primary N) is 1. The molecule has 0 aliphatic carbocycles. The van der Waals surface area contributed by atoms with Crippen molar-refractivity contribution in [3.8, 4) is 0 Å². The third kappa shape index (κ3) is 3.75. The zero-order valence-electron chi connectivity index (χ0n) is 10.8. The minimum atomic E-state index is -1.35. The van der Waals surface area contributed by atoms with E-state index in [1.165, 1.54) is 6.07 Å². The van der Waals surface area contributed by atoms with Crippen molar-refractivity contribution in [2.45, 2.75) is 26.3 Å². The Morgan fingerprint density at radius 2 is 2.11 bits per heavy atom. The third-order valence-electron chi connectivity index (χ3n) is 3.03. The van der Waals surface area contributed by atoms with E-state index >= 15 is 0 Å². The molecule has 0 bridgehead atoms. The Hall–Kier alpha value is -1.95. The smallest absolute Gasteiger partial charge is 0.338 e. The maximum absolute atomic E-state index is 13.4. The van der Waals surface area contributed by atoms with Crippen LogP contribution in [-0.4, -0.2) is 23.0 Å². The second-order valence-electron chi connectivity index (χ2n) is 4.40. The van der Waals surface area contributed by atoms with Gasteiger partial charge in [0.15, 0.2) is 0 Å². The molecule has 1 amide bonds. The summed E-state index contributed by atoms with van der Waals surface area (Å²) in [5.41, 5.74) is 5.48. The third-order valence-corrected chi connectivity index (χ3v) is 3.03. The molecule has 1 aromatic carbocycles. The van der Waals surface area contributed by atoms with Gasteiger partial charge < -0.3 is 16.2 Å². The quantitative estimate of drug-likeness (QED) is 0.759. The summed E-state index contributed by atoms with van der Waals surface area (Å²) in [5.74, 6) is -2.67. The van der Waals surface area contributed by atoms with Gasteiger partial charge in [-0.25, -0.2) is 9.18 Å². The molecule has 1 rings (SSSR count). The van der Waals surface area contributed by atoms with Crippen LogP contribution in [0.5, 0.6) is 0 Å². The topological polar surface area (TPSA) is 92.4 Å². The number of carboxylic acid groups (broad SMARTS) is 1. The SMILES string of the molecule is CC[C@H](C)[C@H](N)C(=O)Nc1ccc(C(=O)O)c(F)c1. The highest BCUT2D eigenvalue weighted by atomic mass is 19.1. The van der Waals surface area contributed by atoms with Crippen molar-refractivity contribution in [1.29, 1.82) is 0 Å². The number of hydrogen-bond donors (Lipinski definition) is 3. The Kier molecular flexibility index (Phi) is 5.00. The highest BCUT2D eigenvalue weighted by Gasteiger charge is 2.20. The largest absolute Gasteiger partial charge is 0.478 e. The predicted octanol–water partition coefficient (Wildman–Crippen LogP) is 1.84. The van der Waals surface area contributed by atoms with Gasteiger partial charge in [0.1, 0.15) is 5.82 Å². The number of carboxylic acids is 1. The summed E-state index contributed by atoms with van der Waals surface area (Å²) < 4.78 is 13.4. The lowest BCUT2D eigenvalue weighted by molar-refractivity contribution is -0.118. The van der Waals surface area contributed by atoms with Crippen molar-refractivity contribution >= 4 is 17.6 Å². The average molecular weight is 268 g/mol. The fourth-order valence-electron chi connectivity index (χ4n) is 1.50. The molecule has 5 nitrogen and oxygen atoms in total. The van der Waals surface area contributed by atoms with Crippen LogP contribution in [0.25, 0.3) is 0 Å². The first-order chi connectivity index (χ1) is 8.86. The summed E-state index contributed by atoms with van der Waals surface area (Å²) in [6.07, 6.45) is 0.751. The van der Waals surface area contributed by atoms with E-state index in [-0.39, 0.29) is 11.6 Å². The van der Waals surface area contributed by atoms with Crippen LogP contribution in [0.1, 0.15) is 30.6 Å². The number of carbonyl (C=O) groups excluding carboxylic acids is 1. The Morgan fingerprint density at radius 1 is 1.47 bits per heavy atom. The molecule has 0 fully saturated rings. The van der Waals surface area contributed by atoms with Crippen molar-refractivity contribution < 1.29 is 19.1 Å². The molecular weight excluding hydrogens is 251 g/mol. The Labute approximate surface area is 110 Å². The van der Waals surface area contributed by atoms with Crippen LogP contribution in [0.4, 0.5) is 10.1 Å². The maximum atomic E-state index is 13.4. The Balaban J connectivity index is 2.81. The Bertz CT molecular complexity index is 491. The average Bonchev–Trinajstić information content (AvgIpc) is 2.36. The summed E-state index contributed by atoms with van der Waals surface area (Å²) in [6, 6.07) is 2.70. The van der Waals surface area contributed by atoms with Gasteiger partial charge in [-0.05, 0) is 24.1 Å². The minimum Gasteiger partial charge on any atom is -0.478 e. The monoisotopic (exact) mass is 268 g/mol. The van der Waals surface area contributed by atoms with E-state index in [4.69, 9.17) is 10.8 Å². The standard InChI is InChI=1S/C13H17FN2O3/c1-3-7(2)11(15)12(17)16-8-4-5-9(13(18)19)10(14)6-8/h4-7,11H,3,15H2,1-2H3,(H,16,17)(H,18,19)/t7-,11-/m0/s1. The molecule has 0 spiro atoms. The normalized spacial score (nSPS) is 13.7. The van der Waals surface area contributed by atoms with E-state index in [2.05, 4.69) is 5.32 Å². The van der Waals surface area contributed by atoms with E-state index in [1.54, 1.807) is 0 Å². The molecule has 0 saturated heterocycles. The molecule has 1 aromatic rings. The summed E-state index contributed by atoms with van der Waals surface area (Å²) in [6.45, 7) is 3.76. The first-order valence-corrected chi connectivity index (χ1v) is 5.96. The molecule has 0 aliphatic heterocycles. The number of amides is 1. The van der Waals surface area contributed by atoms with E-state index in [9.17, 15) is 14.0 Å². The summed E-state index contributed by atoms with van der Waals surface area (Å²) >= 11 is 0. The number of rotatable bonds is 5. The molecule has 0 saturated carbocycles. The van der Waals surface area contributed by atoms with Gasteiger partial charge in [0, 0.05) is 5.69 Å². The van der Waals surface area contributed by atoms with Gasteiger partial charge in [0.25, 0.3) is 0 Å². The molecule has 0 aromatic heterocycles. The first kappa shape index (κ1) is 15.1. The molecule has 4 N–H and O–H groups in total. The van der Waals surface area contributed by atoms with E-state index in [1.807, 2.05) is 13.8 Å². The van der Waals surface area contributed by atoms with Crippen LogP contribution < -0.4 is 11.1 Å². The minimum absolute atomic E-state index is 0.00291. The van der Waals surface area contributed by atoms with Gasteiger partial charge in [-0.2, -0.15) is 0 Å². The van der Waals surface area contributed by atoms with Gasteiger partial charge in [-0.15, -0.1) is 0 Å². The molecule has 0 heterocycles. The summed E-state index contributed by atoms with van der Waals surface area (Å²) in [7, 11) is 0. The Morgan fingerprint density at radius 3 is 2.58 bits per heavy atom.